The van der Waals surface area contributed by atoms with Crippen molar-refractivity contribution in [3.63, 3.8) is 0 Å². The maximum Gasteiger partial charge on any atom is 0.310 e. The number of ether oxygens (including phenoxy) is 2. The lowest BCUT2D eigenvalue weighted by molar-refractivity contribution is -0.181. The number of benzene rings is 1. The van der Waals surface area contributed by atoms with Crippen molar-refractivity contribution in [2.75, 3.05) is 19.5 Å². The zero-order valence-corrected chi connectivity index (χ0v) is 14.5. The summed E-state index contributed by atoms with van der Waals surface area (Å²) < 4.78 is 9.90. The maximum absolute atomic E-state index is 13.2. The van der Waals surface area contributed by atoms with Gasteiger partial charge in [-0.2, -0.15) is 0 Å². The topological polar surface area (TPSA) is 81.7 Å². The van der Waals surface area contributed by atoms with Crippen LogP contribution in [0, 0.1) is 23.2 Å². The Hall–Kier alpha value is -2.37. The van der Waals surface area contributed by atoms with Gasteiger partial charge in [0.2, 0.25) is 5.91 Å². The van der Waals surface area contributed by atoms with Crippen LogP contribution in [-0.4, -0.2) is 32.1 Å². The lowest BCUT2D eigenvalue weighted by Gasteiger charge is -2.52. The molecule has 0 aliphatic heterocycles. The zero-order valence-electron chi connectivity index (χ0n) is 14.5. The van der Waals surface area contributed by atoms with Crippen LogP contribution < -0.4 is 5.32 Å². The number of fused-ring (bicyclic) bond motifs is 3. The molecular weight excluding hydrogens is 322 g/mol. The molecular formula is C19H23NO5. The van der Waals surface area contributed by atoms with E-state index in [4.69, 9.17) is 9.47 Å². The van der Waals surface area contributed by atoms with E-state index in [9.17, 15) is 14.4 Å². The normalized spacial score (nSPS) is 30.4. The van der Waals surface area contributed by atoms with Gasteiger partial charge in [0.1, 0.15) is 0 Å². The number of nitrogens with one attached hydrogen (secondary N) is 1. The molecule has 1 N–H and O–H groups in total. The second-order valence-corrected chi connectivity index (χ2v) is 6.86. The van der Waals surface area contributed by atoms with Gasteiger partial charge in [-0.05, 0) is 43.7 Å². The van der Waals surface area contributed by atoms with Gasteiger partial charge in [-0.15, -0.1) is 0 Å². The zero-order chi connectivity index (χ0) is 18.0. The number of carbonyl (C=O) groups excluding carboxylic acids is 3. The molecule has 1 aromatic rings. The molecule has 1 amide bonds. The van der Waals surface area contributed by atoms with E-state index in [1.54, 1.807) is 12.1 Å². The fourth-order valence-electron chi connectivity index (χ4n) is 4.55. The van der Waals surface area contributed by atoms with Crippen LogP contribution in [0.1, 0.15) is 25.7 Å². The fraction of sp³-hybridized carbons (Fsp3) is 0.526. The van der Waals surface area contributed by atoms with Gasteiger partial charge >= 0.3 is 11.9 Å². The Balaban J connectivity index is 1.96. The van der Waals surface area contributed by atoms with Crippen molar-refractivity contribution in [2.45, 2.75) is 25.7 Å². The fourth-order valence-corrected chi connectivity index (χ4v) is 4.55. The summed E-state index contributed by atoms with van der Waals surface area (Å²) in [7, 11) is 2.61. The van der Waals surface area contributed by atoms with Gasteiger partial charge in [0, 0.05) is 5.69 Å². The second kappa shape index (κ2) is 6.86. The summed E-state index contributed by atoms with van der Waals surface area (Å²) in [5.41, 5.74) is -0.260. The molecule has 0 heterocycles. The molecule has 6 nitrogen and oxygen atoms in total. The highest BCUT2D eigenvalue weighted by Gasteiger charge is 2.62. The average molecular weight is 345 g/mol. The molecule has 134 valence electrons. The molecule has 25 heavy (non-hydrogen) atoms. The standard InChI is InChI=1S/C19H23NO5/c1-24-16(21)14-12-8-10-19(11-9-12,15(14)17(22)25-2)18(23)20-13-6-4-3-5-7-13/h3-7,12,14-15H,8-11H2,1-2H3,(H,20,23)/t12?,14-,15+,19?/m1/s1. The molecule has 3 fully saturated rings. The third-order valence-corrected chi connectivity index (χ3v) is 5.80. The van der Waals surface area contributed by atoms with Crippen molar-refractivity contribution in [1.29, 1.82) is 0 Å². The van der Waals surface area contributed by atoms with Crippen molar-refractivity contribution in [1.82, 2.24) is 0 Å². The molecule has 3 saturated carbocycles. The molecule has 0 radical (unpaired) electrons. The third-order valence-electron chi connectivity index (χ3n) is 5.80. The molecule has 1 aromatic carbocycles. The van der Waals surface area contributed by atoms with Crippen LogP contribution in [0.2, 0.25) is 0 Å². The highest BCUT2D eigenvalue weighted by Crippen LogP contribution is 2.57. The largest absolute Gasteiger partial charge is 0.469 e. The monoisotopic (exact) mass is 345 g/mol. The summed E-state index contributed by atoms with van der Waals surface area (Å²) in [5.74, 6) is -2.54. The summed E-state index contributed by atoms with van der Waals surface area (Å²) >= 11 is 0. The average Bonchev–Trinajstić information content (AvgIpc) is 2.67. The van der Waals surface area contributed by atoms with Crippen molar-refractivity contribution in [2.24, 2.45) is 23.2 Å². The van der Waals surface area contributed by atoms with E-state index in [0.717, 1.165) is 12.8 Å². The van der Waals surface area contributed by atoms with Crippen LogP contribution in [0.5, 0.6) is 0 Å². The van der Waals surface area contributed by atoms with E-state index < -0.39 is 29.2 Å². The smallest absolute Gasteiger partial charge is 0.310 e. The molecule has 0 unspecified atom stereocenters. The lowest BCUT2D eigenvalue weighted by Crippen LogP contribution is -2.59. The highest BCUT2D eigenvalue weighted by molar-refractivity contribution is 6.00. The molecule has 0 spiro atoms. The Bertz CT molecular complexity index is 664. The number of para-hydroxylation sites is 1. The van der Waals surface area contributed by atoms with E-state index in [-0.39, 0.29) is 11.8 Å². The third kappa shape index (κ3) is 2.90. The van der Waals surface area contributed by atoms with Gasteiger partial charge in [-0.25, -0.2) is 0 Å². The number of carbonyl (C=O) groups is 3. The Morgan fingerprint density at radius 3 is 2.16 bits per heavy atom. The van der Waals surface area contributed by atoms with Crippen LogP contribution in [0.15, 0.2) is 30.3 Å². The second-order valence-electron chi connectivity index (χ2n) is 6.86. The van der Waals surface area contributed by atoms with Gasteiger partial charge in [-0.1, -0.05) is 18.2 Å². The van der Waals surface area contributed by atoms with E-state index in [0.29, 0.717) is 18.5 Å². The van der Waals surface area contributed by atoms with Crippen molar-refractivity contribution in [3.8, 4) is 0 Å². The Morgan fingerprint density at radius 1 is 1.00 bits per heavy atom. The first-order valence-electron chi connectivity index (χ1n) is 8.55. The molecule has 0 aromatic heterocycles. The molecule has 6 heteroatoms. The Labute approximate surface area is 146 Å². The van der Waals surface area contributed by atoms with Gasteiger partial charge in [0.25, 0.3) is 0 Å². The quantitative estimate of drug-likeness (QED) is 0.848. The predicted octanol–water partition coefficient (Wildman–Crippen LogP) is 2.39. The van der Waals surface area contributed by atoms with E-state index >= 15 is 0 Å². The molecule has 0 saturated heterocycles. The first-order valence-corrected chi connectivity index (χ1v) is 8.55. The van der Waals surface area contributed by atoms with Crippen LogP contribution >= 0.6 is 0 Å². The number of hydrogen-bond acceptors (Lipinski definition) is 5. The number of amides is 1. The summed E-state index contributed by atoms with van der Waals surface area (Å²) in [6, 6.07) is 9.13. The number of anilines is 1. The van der Waals surface area contributed by atoms with E-state index in [1.165, 1.54) is 14.2 Å². The first-order chi connectivity index (χ1) is 12.0. The maximum atomic E-state index is 13.2. The van der Waals surface area contributed by atoms with Crippen LogP contribution in [-0.2, 0) is 23.9 Å². The van der Waals surface area contributed by atoms with E-state index in [1.807, 2.05) is 18.2 Å². The molecule has 2 atom stereocenters. The van der Waals surface area contributed by atoms with Crippen molar-refractivity contribution >= 4 is 23.5 Å². The van der Waals surface area contributed by atoms with Crippen LogP contribution in [0.4, 0.5) is 5.69 Å². The van der Waals surface area contributed by atoms with Crippen LogP contribution in [0.25, 0.3) is 0 Å². The number of esters is 2. The van der Waals surface area contributed by atoms with Gasteiger partial charge in [0.05, 0.1) is 31.5 Å². The SMILES string of the molecule is COC(=O)[C@@H]1C2CCC(C(=O)Nc3ccccc3)(CC2)[C@@H]1C(=O)OC. The first kappa shape index (κ1) is 17.5. The summed E-state index contributed by atoms with van der Waals surface area (Å²) in [5, 5.41) is 2.92. The van der Waals surface area contributed by atoms with Gasteiger partial charge < -0.3 is 14.8 Å². The number of methoxy groups -OCH3 is 2. The van der Waals surface area contributed by atoms with Crippen molar-refractivity contribution < 1.29 is 23.9 Å². The van der Waals surface area contributed by atoms with E-state index in [2.05, 4.69) is 5.32 Å². The number of hydrogen-bond donors (Lipinski definition) is 1. The van der Waals surface area contributed by atoms with Gasteiger partial charge in [0.15, 0.2) is 0 Å². The van der Waals surface area contributed by atoms with Crippen LogP contribution in [0.3, 0.4) is 0 Å². The molecule has 4 rings (SSSR count). The molecule has 3 aliphatic carbocycles. The summed E-state index contributed by atoms with van der Waals surface area (Å²) in [4.78, 5) is 38.0. The summed E-state index contributed by atoms with van der Waals surface area (Å²) in [6.07, 6.45) is 2.61. The van der Waals surface area contributed by atoms with Gasteiger partial charge in [-0.3, -0.25) is 14.4 Å². The van der Waals surface area contributed by atoms with Crippen molar-refractivity contribution in [3.05, 3.63) is 30.3 Å². The minimum absolute atomic E-state index is 0.0583. The Morgan fingerprint density at radius 2 is 1.60 bits per heavy atom. The molecule has 2 bridgehead atoms. The highest BCUT2D eigenvalue weighted by atomic mass is 16.5. The minimum atomic E-state index is -0.934. The summed E-state index contributed by atoms with van der Waals surface area (Å²) in [6.45, 7) is 0. The number of rotatable bonds is 4. The Kier molecular flexibility index (Phi) is 4.79. The molecule has 3 aliphatic rings. The minimum Gasteiger partial charge on any atom is -0.469 e. The lowest BCUT2D eigenvalue weighted by atomic mass is 9.50. The predicted molar refractivity (Wildman–Crippen MR) is 90.5 cm³/mol.